The smallest absolute Gasteiger partial charge is 0.270 e. The average molecular weight is 426 g/mol. The summed E-state index contributed by atoms with van der Waals surface area (Å²) in [6.07, 6.45) is 1.49. The summed E-state index contributed by atoms with van der Waals surface area (Å²) in [5, 5.41) is 4.52. The Morgan fingerprint density at radius 2 is 2.10 bits per heavy atom. The number of amides is 2. The Labute approximate surface area is 177 Å². The van der Waals surface area contributed by atoms with Gasteiger partial charge in [0.2, 0.25) is 17.8 Å². The van der Waals surface area contributed by atoms with Crippen LogP contribution in [-0.4, -0.2) is 41.4 Å². The molecule has 0 spiro atoms. The topological polar surface area (TPSA) is 121 Å². The molecule has 156 valence electrons. The molecular formula is C21H23N5O3S. The Bertz CT molecular complexity index is 1150. The van der Waals surface area contributed by atoms with Crippen molar-refractivity contribution in [1.29, 1.82) is 0 Å². The van der Waals surface area contributed by atoms with Crippen LogP contribution in [0.3, 0.4) is 0 Å². The summed E-state index contributed by atoms with van der Waals surface area (Å²) in [4.78, 5) is 45.5. The van der Waals surface area contributed by atoms with Gasteiger partial charge in [-0.3, -0.25) is 19.4 Å². The number of nitrogens with zero attached hydrogens (tertiary/aromatic N) is 2. The van der Waals surface area contributed by atoms with Gasteiger partial charge in [-0.2, -0.15) is 0 Å². The molecule has 1 unspecified atom stereocenters. The van der Waals surface area contributed by atoms with E-state index in [1.807, 2.05) is 41.5 Å². The van der Waals surface area contributed by atoms with Gasteiger partial charge in [-0.05, 0) is 25.3 Å². The molecule has 3 heterocycles. The quantitative estimate of drug-likeness (QED) is 0.575. The predicted octanol–water partition coefficient (Wildman–Crippen LogP) is 1.78. The highest BCUT2D eigenvalue weighted by Crippen LogP contribution is 2.32. The lowest BCUT2D eigenvalue weighted by atomic mass is 9.97. The fourth-order valence-electron chi connectivity index (χ4n) is 3.71. The molecule has 1 fully saturated rings. The number of fused-ring (bicyclic) bond motifs is 1. The van der Waals surface area contributed by atoms with Crippen LogP contribution in [-0.2, 0) is 9.59 Å². The molecule has 4 rings (SSSR count). The zero-order valence-corrected chi connectivity index (χ0v) is 17.4. The lowest BCUT2D eigenvalue weighted by Crippen LogP contribution is -2.45. The second kappa shape index (κ2) is 8.27. The van der Waals surface area contributed by atoms with Gasteiger partial charge in [-0.25, -0.2) is 4.98 Å². The molecule has 1 aliphatic rings. The number of aromatic amines is 1. The maximum Gasteiger partial charge on any atom is 0.270 e. The second-order valence-electron chi connectivity index (χ2n) is 7.55. The molecule has 9 heteroatoms. The summed E-state index contributed by atoms with van der Waals surface area (Å²) in [5.74, 6) is -0.615. The molecule has 1 atom stereocenters. The number of anilines is 1. The molecular weight excluding hydrogens is 402 g/mol. The van der Waals surface area contributed by atoms with Crippen molar-refractivity contribution in [2.75, 3.05) is 24.5 Å². The third-order valence-electron chi connectivity index (χ3n) is 5.31. The van der Waals surface area contributed by atoms with Crippen LogP contribution in [0.15, 0.2) is 34.4 Å². The first kappa shape index (κ1) is 20.1. The average Bonchev–Trinajstić information content (AvgIpc) is 3.17. The molecule has 1 aromatic carbocycles. The van der Waals surface area contributed by atoms with Gasteiger partial charge < -0.3 is 16.0 Å². The number of nitrogens with two attached hydrogens (primary N) is 1. The molecule has 0 bridgehead atoms. The summed E-state index contributed by atoms with van der Waals surface area (Å²) >= 11 is 1.38. The lowest BCUT2D eigenvalue weighted by molar-refractivity contribution is -0.127. The number of rotatable bonds is 5. The first-order valence-electron chi connectivity index (χ1n) is 9.82. The summed E-state index contributed by atoms with van der Waals surface area (Å²) < 4.78 is 0.585. The minimum absolute atomic E-state index is 0.175. The Kier molecular flexibility index (Phi) is 5.54. The van der Waals surface area contributed by atoms with Crippen LogP contribution in [0, 0.1) is 12.8 Å². The molecule has 4 N–H and O–H groups in total. The first-order chi connectivity index (χ1) is 14.4. The number of benzene rings is 1. The van der Waals surface area contributed by atoms with Crippen molar-refractivity contribution in [1.82, 2.24) is 15.3 Å². The lowest BCUT2D eigenvalue weighted by Gasteiger charge is -2.32. The third-order valence-corrected chi connectivity index (χ3v) is 6.27. The standard InChI is InChI=1S/C21H23N5O3S/c1-12-4-6-13(7-5-12)15-11-30-18-17(15)24-21(25-20(18)29)26-8-2-3-14(10-26)19(28)23-9-16(22)27/h4-7,11,14H,2-3,8-10H2,1H3,(H2,22,27)(H,23,28)(H,24,25,29). The summed E-state index contributed by atoms with van der Waals surface area (Å²) in [5.41, 5.74) is 8.70. The summed E-state index contributed by atoms with van der Waals surface area (Å²) in [7, 11) is 0. The van der Waals surface area contributed by atoms with E-state index < -0.39 is 5.91 Å². The van der Waals surface area contributed by atoms with Crippen LogP contribution < -0.4 is 21.5 Å². The van der Waals surface area contributed by atoms with Crippen molar-refractivity contribution in [3.05, 3.63) is 45.6 Å². The maximum absolute atomic E-state index is 12.7. The number of carbonyl (C=O) groups excluding carboxylic acids is 2. The molecule has 0 aliphatic carbocycles. The monoisotopic (exact) mass is 425 g/mol. The number of piperidine rings is 1. The van der Waals surface area contributed by atoms with Gasteiger partial charge in [0.05, 0.1) is 18.0 Å². The van der Waals surface area contributed by atoms with E-state index in [0.717, 1.165) is 17.5 Å². The Hall–Kier alpha value is -3.20. The summed E-state index contributed by atoms with van der Waals surface area (Å²) in [6, 6.07) is 8.12. The van der Waals surface area contributed by atoms with Gasteiger partial charge in [-0.15, -0.1) is 11.3 Å². The number of H-pyrrole nitrogens is 1. The zero-order valence-electron chi connectivity index (χ0n) is 16.6. The van der Waals surface area contributed by atoms with E-state index in [1.165, 1.54) is 16.9 Å². The van der Waals surface area contributed by atoms with Crippen molar-refractivity contribution >= 4 is 39.3 Å². The van der Waals surface area contributed by atoms with Gasteiger partial charge in [-0.1, -0.05) is 29.8 Å². The summed E-state index contributed by atoms with van der Waals surface area (Å²) in [6.45, 7) is 2.97. The molecule has 0 radical (unpaired) electrons. The highest BCUT2D eigenvalue weighted by molar-refractivity contribution is 7.17. The molecule has 2 amide bonds. The molecule has 2 aromatic heterocycles. The first-order valence-corrected chi connectivity index (χ1v) is 10.7. The SMILES string of the molecule is Cc1ccc(-c2csc3c(=O)[nH]c(N4CCCC(C(=O)NCC(N)=O)C4)nc23)cc1. The van der Waals surface area contributed by atoms with Gasteiger partial charge in [0, 0.05) is 24.0 Å². The molecule has 30 heavy (non-hydrogen) atoms. The van der Waals surface area contributed by atoms with E-state index >= 15 is 0 Å². The molecule has 0 saturated carbocycles. The van der Waals surface area contributed by atoms with Crippen LogP contribution >= 0.6 is 11.3 Å². The minimum atomic E-state index is -0.575. The van der Waals surface area contributed by atoms with E-state index in [4.69, 9.17) is 10.7 Å². The second-order valence-corrected chi connectivity index (χ2v) is 8.43. The number of primary amides is 1. The highest BCUT2D eigenvalue weighted by Gasteiger charge is 2.27. The number of aryl methyl sites for hydroxylation is 1. The van der Waals surface area contributed by atoms with Crippen molar-refractivity contribution in [2.24, 2.45) is 11.7 Å². The normalized spacial score (nSPS) is 16.6. The van der Waals surface area contributed by atoms with Crippen LogP contribution in [0.5, 0.6) is 0 Å². The number of hydrogen-bond donors (Lipinski definition) is 3. The van der Waals surface area contributed by atoms with E-state index in [1.54, 1.807) is 0 Å². The van der Waals surface area contributed by atoms with Gasteiger partial charge >= 0.3 is 0 Å². The van der Waals surface area contributed by atoms with E-state index in [0.29, 0.717) is 35.7 Å². The van der Waals surface area contributed by atoms with E-state index in [9.17, 15) is 14.4 Å². The van der Waals surface area contributed by atoms with Crippen LogP contribution in [0.25, 0.3) is 21.3 Å². The largest absolute Gasteiger partial charge is 0.368 e. The number of thiophene rings is 1. The third kappa shape index (κ3) is 4.06. The molecule has 1 saturated heterocycles. The Morgan fingerprint density at radius 3 is 2.83 bits per heavy atom. The number of carbonyl (C=O) groups is 2. The fourth-order valence-corrected chi connectivity index (χ4v) is 4.61. The fraction of sp³-hybridized carbons (Fsp3) is 0.333. The Morgan fingerprint density at radius 1 is 1.33 bits per heavy atom. The van der Waals surface area contributed by atoms with Crippen molar-refractivity contribution < 1.29 is 9.59 Å². The van der Waals surface area contributed by atoms with E-state index in [-0.39, 0.29) is 23.9 Å². The van der Waals surface area contributed by atoms with Crippen LogP contribution in [0.4, 0.5) is 5.95 Å². The van der Waals surface area contributed by atoms with Crippen molar-refractivity contribution in [2.45, 2.75) is 19.8 Å². The van der Waals surface area contributed by atoms with Gasteiger partial charge in [0.1, 0.15) is 4.70 Å². The van der Waals surface area contributed by atoms with Crippen molar-refractivity contribution in [3.63, 3.8) is 0 Å². The minimum Gasteiger partial charge on any atom is -0.368 e. The van der Waals surface area contributed by atoms with Crippen LogP contribution in [0.2, 0.25) is 0 Å². The van der Waals surface area contributed by atoms with Crippen molar-refractivity contribution in [3.8, 4) is 11.1 Å². The molecule has 3 aromatic rings. The van der Waals surface area contributed by atoms with Gasteiger partial charge in [0.25, 0.3) is 5.56 Å². The predicted molar refractivity (Wildman–Crippen MR) is 118 cm³/mol. The number of aromatic nitrogens is 2. The highest BCUT2D eigenvalue weighted by atomic mass is 32.1. The Balaban J connectivity index is 1.63. The van der Waals surface area contributed by atoms with Gasteiger partial charge in [0.15, 0.2) is 0 Å². The zero-order chi connectivity index (χ0) is 21.3. The molecule has 8 nitrogen and oxygen atoms in total. The number of nitrogens with one attached hydrogen (secondary N) is 2. The van der Waals surface area contributed by atoms with Crippen LogP contribution in [0.1, 0.15) is 18.4 Å². The van der Waals surface area contributed by atoms with E-state index in [2.05, 4.69) is 10.3 Å². The number of hydrogen-bond acceptors (Lipinski definition) is 6. The maximum atomic E-state index is 12.7. The molecule has 1 aliphatic heterocycles.